The maximum Gasteiger partial charge on any atom is 0.256 e. The molecule has 0 aliphatic carbocycles. The van der Waals surface area contributed by atoms with Crippen LogP contribution in [-0.4, -0.2) is 17.5 Å². The molecule has 0 spiro atoms. The van der Waals surface area contributed by atoms with Gasteiger partial charge in [0.15, 0.2) is 11.6 Å². The Balaban J connectivity index is 1.68. The lowest BCUT2D eigenvalue weighted by molar-refractivity contribution is 0.102. The van der Waals surface area contributed by atoms with E-state index in [9.17, 15) is 13.6 Å². The average molecular weight is 369 g/mol. The number of hydrogen-bond donors (Lipinski definition) is 2. The van der Waals surface area contributed by atoms with Crippen LogP contribution >= 0.6 is 0 Å². The number of pyridine rings is 1. The van der Waals surface area contributed by atoms with Gasteiger partial charge >= 0.3 is 0 Å². The van der Waals surface area contributed by atoms with E-state index in [-0.39, 0.29) is 11.4 Å². The fourth-order valence-electron chi connectivity index (χ4n) is 2.37. The summed E-state index contributed by atoms with van der Waals surface area (Å²) in [5, 5.41) is 5.73. The average Bonchev–Trinajstić information content (AvgIpc) is 2.67. The van der Waals surface area contributed by atoms with Crippen molar-refractivity contribution in [1.29, 1.82) is 0 Å². The van der Waals surface area contributed by atoms with Crippen LogP contribution in [0.4, 0.5) is 26.0 Å². The molecule has 0 radical (unpaired) electrons. The highest BCUT2D eigenvalue weighted by atomic mass is 19.2. The standard InChI is InChI=1S/C20H17F2N3O2/c1-2-27-18-6-4-3-5-17(18)24-14-8-10-19(23-12-14)25-20(26)13-7-9-15(21)16(22)11-13/h3-12,24H,2H2,1H3,(H,23,25,26). The number of rotatable bonds is 6. The van der Waals surface area contributed by atoms with E-state index in [1.807, 2.05) is 31.2 Å². The Kier molecular flexibility index (Phi) is 5.61. The SMILES string of the molecule is CCOc1ccccc1Nc1ccc(NC(=O)c2ccc(F)c(F)c2)nc1. The van der Waals surface area contributed by atoms with Gasteiger partial charge in [-0.25, -0.2) is 13.8 Å². The van der Waals surface area contributed by atoms with E-state index in [4.69, 9.17) is 4.74 Å². The molecule has 0 unspecified atom stereocenters. The number of hydrogen-bond acceptors (Lipinski definition) is 4. The molecule has 1 heterocycles. The predicted molar refractivity (Wildman–Crippen MR) is 99.4 cm³/mol. The molecule has 5 nitrogen and oxygen atoms in total. The second-order valence-corrected chi connectivity index (χ2v) is 5.57. The molecular weight excluding hydrogens is 352 g/mol. The molecule has 3 rings (SSSR count). The summed E-state index contributed by atoms with van der Waals surface area (Å²) in [5.74, 6) is -1.66. The first kappa shape index (κ1) is 18.3. The molecule has 27 heavy (non-hydrogen) atoms. The summed E-state index contributed by atoms with van der Waals surface area (Å²) in [6.45, 7) is 2.45. The smallest absolute Gasteiger partial charge is 0.256 e. The first-order valence-corrected chi connectivity index (χ1v) is 8.28. The van der Waals surface area contributed by atoms with E-state index in [0.717, 1.165) is 23.6 Å². The zero-order valence-electron chi connectivity index (χ0n) is 14.5. The van der Waals surface area contributed by atoms with E-state index in [2.05, 4.69) is 15.6 Å². The molecule has 0 saturated heterocycles. The molecule has 2 N–H and O–H groups in total. The third kappa shape index (κ3) is 4.58. The summed E-state index contributed by atoms with van der Waals surface area (Å²) in [7, 11) is 0. The zero-order valence-corrected chi connectivity index (χ0v) is 14.5. The molecule has 0 aliphatic rings. The van der Waals surface area contributed by atoms with Gasteiger partial charge in [0.05, 0.1) is 24.2 Å². The van der Waals surface area contributed by atoms with Crippen molar-refractivity contribution < 1.29 is 18.3 Å². The molecule has 0 aliphatic heterocycles. The summed E-state index contributed by atoms with van der Waals surface area (Å²) in [6, 6.07) is 13.8. The number of carbonyl (C=O) groups is 1. The second-order valence-electron chi connectivity index (χ2n) is 5.57. The van der Waals surface area contributed by atoms with Crippen LogP contribution in [0, 0.1) is 11.6 Å². The number of aromatic nitrogens is 1. The van der Waals surface area contributed by atoms with Crippen molar-refractivity contribution in [1.82, 2.24) is 4.98 Å². The molecule has 138 valence electrons. The molecule has 0 saturated carbocycles. The number of amides is 1. The topological polar surface area (TPSA) is 63.2 Å². The number of carbonyl (C=O) groups excluding carboxylic acids is 1. The monoisotopic (exact) mass is 369 g/mol. The van der Waals surface area contributed by atoms with Crippen LogP contribution in [0.5, 0.6) is 5.75 Å². The minimum Gasteiger partial charge on any atom is -0.492 e. The van der Waals surface area contributed by atoms with Crippen molar-refractivity contribution in [3.63, 3.8) is 0 Å². The van der Waals surface area contributed by atoms with Crippen LogP contribution in [0.15, 0.2) is 60.8 Å². The maximum absolute atomic E-state index is 13.2. The van der Waals surface area contributed by atoms with Gasteiger partial charge in [0, 0.05) is 5.56 Å². The highest BCUT2D eigenvalue weighted by Gasteiger charge is 2.11. The van der Waals surface area contributed by atoms with Gasteiger partial charge in [0.2, 0.25) is 0 Å². The Labute approximate surface area is 155 Å². The van der Waals surface area contributed by atoms with E-state index in [1.54, 1.807) is 18.3 Å². The molecule has 7 heteroatoms. The van der Waals surface area contributed by atoms with Crippen LogP contribution in [-0.2, 0) is 0 Å². The Bertz CT molecular complexity index is 946. The van der Waals surface area contributed by atoms with Crippen LogP contribution in [0.1, 0.15) is 17.3 Å². The molecule has 2 aromatic carbocycles. The van der Waals surface area contributed by atoms with Gasteiger partial charge in [0.25, 0.3) is 5.91 Å². The number of ether oxygens (including phenoxy) is 1. The van der Waals surface area contributed by atoms with E-state index in [0.29, 0.717) is 12.3 Å². The third-order valence-electron chi connectivity index (χ3n) is 3.65. The molecule has 0 bridgehead atoms. The second kappa shape index (κ2) is 8.27. The first-order chi connectivity index (χ1) is 13.1. The highest BCUT2D eigenvalue weighted by Crippen LogP contribution is 2.27. The highest BCUT2D eigenvalue weighted by molar-refractivity contribution is 6.03. The van der Waals surface area contributed by atoms with Crippen LogP contribution in [0.3, 0.4) is 0 Å². The summed E-state index contributed by atoms with van der Waals surface area (Å²) < 4.78 is 31.7. The van der Waals surface area contributed by atoms with Crippen molar-refractivity contribution in [2.45, 2.75) is 6.92 Å². The molecule has 3 aromatic rings. The van der Waals surface area contributed by atoms with Crippen molar-refractivity contribution >= 4 is 23.1 Å². The van der Waals surface area contributed by atoms with Crippen molar-refractivity contribution in [2.24, 2.45) is 0 Å². The van der Waals surface area contributed by atoms with Crippen molar-refractivity contribution in [3.05, 3.63) is 78.0 Å². The number of para-hydroxylation sites is 2. The summed E-state index contributed by atoms with van der Waals surface area (Å²) in [5.41, 5.74) is 1.50. The first-order valence-electron chi connectivity index (χ1n) is 8.28. The zero-order chi connectivity index (χ0) is 19.2. The van der Waals surface area contributed by atoms with Gasteiger partial charge < -0.3 is 15.4 Å². The number of nitrogens with one attached hydrogen (secondary N) is 2. The Morgan fingerprint density at radius 2 is 1.89 bits per heavy atom. The van der Waals surface area contributed by atoms with Gasteiger partial charge in [0.1, 0.15) is 11.6 Å². The van der Waals surface area contributed by atoms with Crippen LogP contribution in [0.25, 0.3) is 0 Å². The minimum atomic E-state index is -1.08. The maximum atomic E-state index is 13.2. The van der Waals surface area contributed by atoms with Crippen LogP contribution in [0.2, 0.25) is 0 Å². The fraction of sp³-hybridized carbons (Fsp3) is 0.100. The van der Waals surface area contributed by atoms with Gasteiger partial charge in [-0.05, 0) is 49.4 Å². The fourth-order valence-corrected chi connectivity index (χ4v) is 2.37. The normalized spacial score (nSPS) is 10.3. The van der Waals surface area contributed by atoms with Crippen LogP contribution < -0.4 is 15.4 Å². The largest absolute Gasteiger partial charge is 0.492 e. The molecule has 0 atom stereocenters. The Morgan fingerprint density at radius 1 is 1.07 bits per heavy atom. The lowest BCUT2D eigenvalue weighted by atomic mass is 10.2. The Morgan fingerprint density at radius 3 is 2.59 bits per heavy atom. The van der Waals surface area contributed by atoms with Gasteiger partial charge in [-0.2, -0.15) is 0 Å². The summed E-state index contributed by atoms with van der Waals surface area (Å²) >= 11 is 0. The number of benzene rings is 2. The van der Waals surface area contributed by atoms with Gasteiger partial charge in [-0.1, -0.05) is 12.1 Å². The molecule has 1 aromatic heterocycles. The van der Waals surface area contributed by atoms with Crippen molar-refractivity contribution in [3.8, 4) is 5.75 Å². The number of anilines is 3. The molecule has 1 amide bonds. The molecular formula is C20H17F2N3O2. The van der Waals surface area contributed by atoms with E-state index < -0.39 is 17.5 Å². The van der Waals surface area contributed by atoms with Crippen molar-refractivity contribution in [2.75, 3.05) is 17.2 Å². The third-order valence-corrected chi connectivity index (χ3v) is 3.65. The quantitative estimate of drug-likeness (QED) is 0.658. The van der Waals surface area contributed by atoms with E-state index >= 15 is 0 Å². The summed E-state index contributed by atoms with van der Waals surface area (Å²) in [6.07, 6.45) is 1.55. The molecule has 0 fully saturated rings. The summed E-state index contributed by atoms with van der Waals surface area (Å²) in [4.78, 5) is 16.3. The Hall–Kier alpha value is -3.48. The number of nitrogens with zero attached hydrogens (tertiary/aromatic N) is 1. The predicted octanol–water partition coefficient (Wildman–Crippen LogP) is 4.75. The van der Waals surface area contributed by atoms with E-state index in [1.165, 1.54) is 6.07 Å². The van der Waals surface area contributed by atoms with Gasteiger partial charge in [-0.3, -0.25) is 4.79 Å². The number of halogens is 2. The lowest BCUT2D eigenvalue weighted by Gasteiger charge is -2.12. The lowest BCUT2D eigenvalue weighted by Crippen LogP contribution is -2.13. The van der Waals surface area contributed by atoms with Gasteiger partial charge in [-0.15, -0.1) is 0 Å². The minimum absolute atomic E-state index is 0.00328.